The normalized spacial score (nSPS) is 42.8. The number of rotatable bonds is 5. The van der Waals surface area contributed by atoms with Crippen LogP contribution >= 0.6 is 0 Å². The van der Waals surface area contributed by atoms with Gasteiger partial charge in [0.15, 0.2) is 0 Å². The third-order valence-electron chi connectivity index (χ3n) is 10.8. The van der Waals surface area contributed by atoms with Gasteiger partial charge in [0.1, 0.15) is 23.6 Å². The summed E-state index contributed by atoms with van der Waals surface area (Å²) in [5.41, 5.74) is 2.80. The van der Waals surface area contributed by atoms with E-state index in [1.165, 1.54) is 62.5 Å². The van der Waals surface area contributed by atoms with Crippen molar-refractivity contribution in [3.63, 3.8) is 0 Å². The molecule has 2 heterocycles. The molecule has 5 heteroatoms. The van der Waals surface area contributed by atoms with E-state index in [9.17, 15) is 0 Å². The number of aryl methyl sites for hydroxylation is 1. The van der Waals surface area contributed by atoms with Crippen LogP contribution < -0.4 is 4.74 Å². The highest BCUT2D eigenvalue weighted by molar-refractivity contribution is 5.37. The van der Waals surface area contributed by atoms with Crippen molar-refractivity contribution in [1.82, 2.24) is 4.90 Å². The SMILES string of the molecule is Cc1cc(OCCN2CCOCC2)ccc1C1CCC[C@@]2(C1)CC1(OO2)C2CC3CC(C2)CC1C3. The number of morpholine rings is 1. The molecule has 1 aromatic rings. The van der Waals surface area contributed by atoms with Crippen LogP contribution in [0.15, 0.2) is 18.2 Å². The molecule has 2 spiro atoms. The number of nitrogens with zero attached hydrogens (tertiary/aromatic N) is 1. The molecule has 1 unspecified atom stereocenters. The van der Waals surface area contributed by atoms with Crippen LogP contribution in [0.2, 0.25) is 0 Å². The van der Waals surface area contributed by atoms with E-state index in [4.69, 9.17) is 19.2 Å². The molecular formula is C30H43NO4. The fourth-order valence-electron chi connectivity index (χ4n) is 9.27. The fourth-order valence-corrected chi connectivity index (χ4v) is 9.27. The van der Waals surface area contributed by atoms with Gasteiger partial charge in [-0.3, -0.25) is 4.90 Å². The van der Waals surface area contributed by atoms with Gasteiger partial charge in [-0.15, -0.1) is 0 Å². The van der Waals surface area contributed by atoms with Gasteiger partial charge in [-0.2, -0.15) is 0 Å². The van der Waals surface area contributed by atoms with Crippen LogP contribution in [0.5, 0.6) is 5.75 Å². The molecule has 2 aliphatic heterocycles. The smallest absolute Gasteiger partial charge is 0.119 e. The summed E-state index contributed by atoms with van der Waals surface area (Å²) >= 11 is 0. The quantitative estimate of drug-likeness (QED) is 0.508. The second-order valence-electron chi connectivity index (χ2n) is 12.9. The van der Waals surface area contributed by atoms with Crippen molar-refractivity contribution in [1.29, 1.82) is 0 Å². The molecule has 0 N–H and O–H groups in total. The predicted molar refractivity (Wildman–Crippen MR) is 134 cm³/mol. The lowest BCUT2D eigenvalue weighted by Crippen LogP contribution is -2.58. The van der Waals surface area contributed by atoms with Gasteiger partial charge in [0.05, 0.1) is 13.2 Å². The molecule has 5 nitrogen and oxygen atoms in total. The van der Waals surface area contributed by atoms with Crippen LogP contribution in [0.4, 0.5) is 0 Å². The maximum atomic E-state index is 6.51. The standard InChI is InChI=1S/C30H43NO4/c1-21-13-27(33-12-9-31-7-10-32-11-8-31)4-5-28(21)24-3-2-6-29(19-24)20-30(35-34-29)25-15-22-14-23(17-25)18-26(30)16-22/h4-5,13,22-26H,2-3,6-12,14-20H2,1H3/t22?,23?,24?,25?,26?,29-,30?/m1/s1. The molecule has 2 saturated heterocycles. The Morgan fingerprint density at radius 1 is 1.00 bits per heavy atom. The Hall–Kier alpha value is -1.14. The molecule has 8 rings (SSSR count). The Balaban J connectivity index is 1.01. The van der Waals surface area contributed by atoms with E-state index in [0.29, 0.717) is 5.92 Å². The van der Waals surface area contributed by atoms with E-state index >= 15 is 0 Å². The molecule has 4 bridgehead atoms. The maximum absolute atomic E-state index is 6.51. The summed E-state index contributed by atoms with van der Waals surface area (Å²) in [4.78, 5) is 15.4. The lowest BCUT2D eigenvalue weighted by atomic mass is 9.48. The molecule has 7 fully saturated rings. The fraction of sp³-hybridized carbons (Fsp3) is 0.800. The highest BCUT2D eigenvalue weighted by Crippen LogP contribution is 2.65. The first kappa shape index (κ1) is 23.0. The van der Waals surface area contributed by atoms with Gasteiger partial charge >= 0.3 is 0 Å². The summed E-state index contributed by atoms with van der Waals surface area (Å²) in [6, 6.07) is 6.77. The Morgan fingerprint density at radius 3 is 2.51 bits per heavy atom. The summed E-state index contributed by atoms with van der Waals surface area (Å²) < 4.78 is 11.6. The van der Waals surface area contributed by atoms with Gasteiger partial charge in [0.2, 0.25) is 0 Å². The third-order valence-corrected chi connectivity index (χ3v) is 10.8. The summed E-state index contributed by atoms with van der Waals surface area (Å²) in [5.74, 6) is 4.99. The highest BCUT2D eigenvalue weighted by Gasteiger charge is 2.65. The predicted octanol–water partition coefficient (Wildman–Crippen LogP) is 5.65. The summed E-state index contributed by atoms with van der Waals surface area (Å²) in [7, 11) is 0. The van der Waals surface area contributed by atoms with Crippen molar-refractivity contribution in [3.8, 4) is 5.75 Å². The first-order valence-corrected chi connectivity index (χ1v) is 14.5. The monoisotopic (exact) mass is 481 g/mol. The number of hydrogen-bond acceptors (Lipinski definition) is 5. The zero-order chi connectivity index (χ0) is 23.5. The molecule has 0 amide bonds. The Bertz CT molecular complexity index is 899. The van der Waals surface area contributed by atoms with Crippen LogP contribution in [0.1, 0.15) is 81.3 Å². The topological polar surface area (TPSA) is 40.2 Å². The van der Waals surface area contributed by atoms with Gasteiger partial charge in [-0.05, 0) is 118 Å². The lowest BCUT2D eigenvalue weighted by Gasteiger charge is -2.58. The molecular weight excluding hydrogens is 438 g/mol. The van der Waals surface area contributed by atoms with E-state index in [1.54, 1.807) is 0 Å². The van der Waals surface area contributed by atoms with Crippen molar-refractivity contribution in [3.05, 3.63) is 29.3 Å². The average Bonchev–Trinajstić information content (AvgIpc) is 3.22. The minimum Gasteiger partial charge on any atom is -0.492 e. The van der Waals surface area contributed by atoms with Crippen molar-refractivity contribution >= 4 is 0 Å². The Labute approximate surface area is 210 Å². The number of ether oxygens (including phenoxy) is 2. The van der Waals surface area contributed by atoms with E-state index in [2.05, 4.69) is 30.0 Å². The second-order valence-corrected chi connectivity index (χ2v) is 12.9. The largest absolute Gasteiger partial charge is 0.492 e. The lowest BCUT2D eigenvalue weighted by molar-refractivity contribution is -0.385. The van der Waals surface area contributed by atoms with Crippen LogP contribution in [-0.4, -0.2) is 55.6 Å². The Morgan fingerprint density at radius 2 is 1.77 bits per heavy atom. The molecule has 5 aliphatic carbocycles. The summed E-state index contributed by atoms with van der Waals surface area (Å²) in [6.45, 7) is 7.68. The highest BCUT2D eigenvalue weighted by atomic mass is 17.2. The molecule has 35 heavy (non-hydrogen) atoms. The van der Waals surface area contributed by atoms with Gasteiger partial charge in [0, 0.05) is 26.1 Å². The van der Waals surface area contributed by atoms with Crippen molar-refractivity contribution in [2.75, 3.05) is 39.5 Å². The molecule has 5 saturated carbocycles. The van der Waals surface area contributed by atoms with Crippen LogP contribution in [0.3, 0.4) is 0 Å². The third kappa shape index (κ3) is 4.15. The Kier molecular flexibility index (Phi) is 5.92. The summed E-state index contributed by atoms with van der Waals surface area (Å²) in [5, 5.41) is 0. The van der Waals surface area contributed by atoms with E-state index < -0.39 is 0 Å². The zero-order valence-corrected chi connectivity index (χ0v) is 21.5. The number of hydrogen-bond donors (Lipinski definition) is 0. The molecule has 0 aromatic heterocycles. The van der Waals surface area contributed by atoms with Gasteiger partial charge in [-0.25, -0.2) is 9.78 Å². The molecule has 0 radical (unpaired) electrons. The summed E-state index contributed by atoms with van der Waals surface area (Å²) in [6.07, 6.45) is 13.0. The van der Waals surface area contributed by atoms with Gasteiger partial charge in [-0.1, -0.05) is 6.07 Å². The maximum Gasteiger partial charge on any atom is 0.119 e. The van der Waals surface area contributed by atoms with Gasteiger partial charge < -0.3 is 9.47 Å². The van der Waals surface area contributed by atoms with Crippen LogP contribution in [0, 0.1) is 30.6 Å². The van der Waals surface area contributed by atoms with Crippen LogP contribution in [-0.2, 0) is 14.5 Å². The first-order valence-electron chi connectivity index (χ1n) is 14.5. The number of benzene rings is 1. The molecule has 7 aliphatic rings. The minimum absolute atomic E-state index is 0.0303. The average molecular weight is 482 g/mol. The van der Waals surface area contributed by atoms with E-state index in [0.717, 1.165) is 81.7 Å². The minimum atomic E-state index is -0.0714. The van der Waals surface area contributed by atoms with Crippen molar-refractivity contribution < 1.29 is 19.2 Å². The van der Waals surface area contributed by atoms with E-state index in [1.807, 2.05) is 0 Å². The second kappa shape index (κ2) is 9.01. The van der Waals surface area contributed by atoms with Crippen molar-refractivity contribution in [2.24, 2.45) is 23.7 Å². The molecule has 2 atom stereocenters. The van der Waals surface area contributed by atoms with E-state index in [-0.39, 0.29) is 11.2 Å². The molecule has 1 aromatic carbocycles. The molecule has 192 valence electrons. The van der Waals surface area contributed by atoms with Crippen molar-refractivity contribution in [2.45, 2.75) is 88.3 Å². The first-order chi connectivity index (χ1) is 17.1. The zero-order valence-electron chi connectivity index (χ0n) is 21.5. The van der Waals surface area contributed by atoms with Crippen LogP contribution in [0.25, 0.3) is 0 Å². The van der Waals surface area contributed by atoms with Gasteiger partial charge in [0.25, 0.3) is 0 Å².